The zero-order valence-corrected chi connectivity index (χ0v) is 13.1. The minimum Gasteiger partial charge on any atom is -0.459 e. The Morgan fingerprint density at radius 2 is 2.00 bits per heavy atom. The molecule has 0 unspecified atom stereocenters. The molecular weight excluding hydrogens is 282 g/mol. The van der Waals surface area contributed by atoms with Gasteiger partial charge in [-0.15, -0.1) is 5.10 Å². The Bertz CT molecular complexity index is 690. The lowest BCUT2D eigenvalue weighted by Crippen LogP contribution is -2.12. The van der Waals surface area contributed by atoms with Crippen LogP contribution in [0.25, 0.3) is 5.69 Å². The van der Waals surface area contributed by atoms with Crippen molar-refractivity contribution in [1.82, 2.24) is 15.0 Å². The summed E-state index contributed by atoms with van der Waals surface area (Å²) in [7, 11) is 0. The normalized spacial score (nSPS) is 11.0. The van der Waals surface area contributed by atoms with Crippen LogP contribution in [-0.4, -0.2) is 33.4 Å². The highest BCUT2D eigenvalue weighted by Crippen LogP contribution is 2.21. The number of benzene rings is 1. The Morgan fingerprint density at radius 1 is 1.27 bits per heavy atom. The summed E-state index contributed by atoms with van der Waals surface area (Å²) in [6, 6.07) is 6.92. The van der Waals surface area contributed by atoms with E-state index in [9.17, 15) is 9.59 Å². The monoisotopic (exact) mass is 301 g/mol. The van der Waals surface area contributed by atoms with Crippen LogP contribution in [0.2, 0.25) is 0 Å². The fourth-order valence-corrected chi connectivity index (χ4v) is 2.16. The van der Waals surface area contributed by atoms with Crippen molar-refractivity contribution in [1.29, 1.82) is 0 Å². The molecule has 6 heteroatoms. The standard InChI is InChI=1S/C16H19N3O3/c1-10(2)15-14(9-20)17-18-19(15)13-7-5-6-12(8-13)16(21)22-11(3)4/h5-11H,1-4H3. The average molecular weight is 301 g/mol. The fourth-order valence-electron chi connectivity index (χ4n) is 2.16. The van der Waals surface area contributed by atoms with Gasteiger partial charge in [-0.3, -0.25) is 4.79 Å². The van der Waals surface area contributed by atoms with Gasteiger partial charge in [0.1, 0.15) is 5.69 Å². The molecule has 0 aliphatic carbocycles. The maximum atomic E-state index is 12.0. The third-order valence-electron chi connectivity index (χ3n) is 3.06. The second-order valence-electron chi connectivity index (χ2n) is 5.55. The summed E-state index contributed by atoms with van der Waals surface area (Å²) in [5.74, 6) is -0.319. The molecule has 2 aromatic rings. The fraction of sp³-hybridized carbons (Fsp3) is 0.375. The van der Waals surface area contributed by atoms with E-state index in [2.05, 4.69) is 10.3 Å². The van der Waals surface area contributed by atoms with E-state index in [1.54, 1.807) is 42.8 Å². The lowest BCUT2D eigenvalue weighted by Gasteiger charge is -2.11. The summed E-state index contributed by atoms with van der Waals surface area (Å²) >= 11 is 0. The van der Waals surface area contributed by atoms with Crippen LogP contribution >= 0.6 is 0 Å². The Hall–Kier alpha value is -2.50. The summed E-state index contributed by atoms with van der Waals surface area (Å²) in [6.45, 7) is 7.51. The topological polar surface area (TPSA) is 74.1 Å². The molecule has 0 amide bonds. The average Bonchev–Trinajstić information content (AvgIpc) is 2.90. The zero-order chi connectivity index (χ0) is 16.3. The molecule has 0 aliphatic rings. The molecule has 1 aromatic carbocycles. The van der Waals surface area contributed by atoms with Crippen LogP contribution in [0.4, 0.5) is 0 Å². The summed E-state index contributed by atoms with van der Waals surface area (Å²) in [6.07, 6.45) is 0.505. The highest BCUT2D eigenvalue weighted by atomic mass is 16.5. The number of esters is 1. The molecule has 0 saturated heterocycles. The van der Waals surface area contributed by atoms with Crippen molar-refractivity contribution in [2.45, 2.75) is 39.7 Å². The van der Waals surface area contributed by atoms with Crippen molar-refractivity contribution in [3.05, 3.63) is 41.2 Å². The van der Waals surface area contributed by atoms with Crippen LogP contribution in [0, 0.1) is 0 Å². The van der Waals surface area contributed by atoms with E-state index in [-0.39, 0.29) is 12.0 Å². The van der Waals surface area contributed by atoms with Gasteiger partial charge in [-0.1, -0.05) is 25.1 Å². The summed E-state index contributed by atoms with van der Waals surface area (Å²) in [5.41, 5.74) is 2.13. The maximum absolute atomic E-state index is 12.0. The van der Waals surface area contributed by atoms with Crippen LogP contribution in [0.3, 0.4) is 0 Å². The van der Waals surface area contributed by atoms with Crippen LogP contribution in [0.5, 0.6) is 0 Å². The number of hydrogen-bond donors (Lipinski definition) is 0. The predicted octanol–water partition coefficient (Wildman–Crippen LogP) is 2.77. The molecule has 0 fully saturated rings. The van der Waals surface area contributed by atoms with E-state index in [0.717, 1.165) is 0 Å². The molecule has 0 saturated carbocycles. The smallest absolute Gasteiger partial charge is 0.338 e. The predicted molar refractivity (Wildman–Crippen MR) is 81.4 cm³/mol. The van der Waals surface area contributed by atoms with Crippen molar-refractivity contribution in [2.75, 3.05) is 0 Å². The highest BCUT2D eigenvalue weighted by Gasteiger charge is 2.18. The van der Waals surface area contributed by atoms with Crippen LogP contribution in [-0.2, 0) is 4.74 Å². The first-order valence-electron chi connectivity index (χ1n) is 7.16. The molecule has 22 heavy (non-hydrogen) atoms. The Morgan fingerprint density at radius 3 is 2.59 bits per heavy atom. The number of carbonyl (C=O) groups excluding carboxylic acids is 2. The number of aromatic nitrogens is 3. The van der Waals surface area contributed by atoms with Gasteiger partial charge in [0.15, 0.2) is 6.29 Å². The quantitative estimate of drug-likeness (QED) is 0.627. The molecule has 0 spiro atoms. The van der Waals surface area contributed by atoms with Crippen LogP contribution in [0.15, 0.2) is 24.3 Å². The Labute approximate surface area is 129 Å². The van der Waals surface area contributed by atoms with Gasteiger partial charge in [0.25, 0.3) is 0 Å². The van der Waals surface area contributed by atoms with Crippen LogP contribution in [0.1, 0.15) is 60.2 Å². The van der Waals surface area contributed by atoms with Gasteiger partial charge >= 0.3 is 5.97 Å². The minimum atomic E-state index is -0.390. The van der Waals surface area contributed by atoms with E-state index in [1.807, 2.05) is 13.8 Å². The molecule has 0 radical (unpaired) electrons. The third kappa shape index (κ3) is 3.21. The molecule has 1 heterocycles. The van der Waals surface area contributed by atoms with Gasteiger partial charge in [-0.25, -0.2) is 9.48 Å². The Kier molecular flexibility index (Phi) is 4.70. The van der Waals surface area contributed by atoms with Gasteiger partial charge in [0.05, 0.1) is 23.0 Å². The van der Waals surface area contributed by atoms with E-state index in [0.29, 0.717) is 28.9 Å². The summed E-state index contributed by atoms with van der Waals surface area (Å²) < 4.78 is 6.77. The number of aldehydes is 1. The van der Waals surface area contributed by atoms with Gasteiger partial charge in [0, 0.05) is 0 Å². The number of rotatable bonds is 5. The second-order valence-corrected chi connectivity index (χ2v) is 5.55. The molecule has 0 bridgehead atoms. The van der Waals surface area contributed by atoms with Crippen molar-refractivity contribution >= 4 is 12.3 Å². The van der Waals surface area contributed by atoms with Crippen molar-refractivity contribution < 1.29 is 14.3 Å². The molecule has 116 valence electrons. The minimum absolute atomic E-state index is 0.0708. The van der Waals surface area contributed by atoms with Gasteiger partial charge in [-0.05, 0) is 38.0 Å². The number of carbonyl (C=O) groups is 2. The Balaban J connectivity index is 2.44. The lowest BCUT2D eigenvalue weighted by molar-refractivity contribution is 0.0378. The second kappa shape index (κ2) is 6.51. The molecule has 0 atom stereocenters. The van der Waals surface area contributed by atoms with E-state index in [1.165, 1.54) is 0 Å². The van der Waals surface area contributed by atoms with Crippen LogP contribution < -0.4 is 0 Å². The highest BCUT2D eigenvalue weighted by molar-refractivity contribution is 5.90. The number of nitrogens with zero attached hydrogens (tertiary/aromatic N) is 3. The molecule has 0 aliphatic heterocycles. The van der Waals surface area contributed by atoms with E-state index < -0.39 is 5.97 Å². The van der Waals surface area contributed by atoms with Gasteiger partial charge in [-0.2, -0.15) is 0 Å². The maximum Gasteiger partial charge on any atom is 0.338 e. The number of hydrogen-bond acceptors (Lipinski definition) is 5. The zero-order valence-electron chi connectivity index (χ0n) is 13.1. The molecule has 6 nitrogen and oxygen atoms in total. The van der Waals surface area contributed by atoms with Crippen molar-refractivity contribution in [2.24, 2.45) is 0 Å². The lowest BCUT2D eigenvalue weighted by atomic mass is 10.1. The van der Waals surface area contributed by atoms with Gasteiger partial charge < -0.3 is 4.74 Å². The van der Waals surface area contributed by atoms with E-state index >= 15 is 0 Å². The van der Waals surface area contributed by atoms with E-state index in [4.69, 9.17) is 4.74 Å². The molecule has 1 aromatic heterocycles. The molecule has 2 rings (SSSR count). The van der Waals surface area contributed by atoms with Gasteiger partial charge in [0.2, 0.25) is 0 Å². The third-order valence-corrected chi connectivity index (χ3v) is 3.06. The SMILES string of the molecule is CC(C)OC(=O)c1cccc(-n2nnc(C=O)c2C(C)C)c1. The molecule has 0 N–H and O–H groups in total. The first-order chi connectivity index (χ1) is 10.4. The van der Waals surface area contributed by atoms with Crippen molar-refractivity contribution in [3.8, 4) is 5.69 Å². The summed E-state index contributed by atoms with van der Waals surface area (Å²) in [5, 5.41) is 7.91. The molecular formula is C16H19N3O3. The first-order valence-corrected chi connectivity index (χ1v) is 7.16. The largest absolute Gasteiger partial charge is 0.459 e. The summed E-state index contributed by atoms with van der Waals surface area (Å²) in [4.78, 5) is 23.1. The first kappa shape index (κ1) is 15.9. The van der Waals surface area contributed by atoms with Crippen molar-refractivity contribution in [3.63, 3.8) is 0 Å². The number of ether oxygens (including phenoxy) is 1.